The number of likely N-dealkylation sites (N-methyl/N-ethyl adjacent to an activating group) is 1. The van der Waals surface area contributed by atoms with Crippen LogP contribution in [0.4, 0.5) is 13.2 Å². The maximum absolute atomic E-state index is 12.8. The third-order valence-electron chi connectivity index (χ3n) is 6.27. The van der Waals surface area contributed by atoms with Gasteiger partial charge in [-0.15, -0.1) is 0 Å². The predicted octanol–water partition coefficient (Wildman–Crippen LogP) is 5.78. The molecule has 0 aliphatic rings. The van der Waals surface area contributed by atoms with E-state index >= 15 is 0 Å². The van der Waals surface area contributed by atoms with E-state index in [0.717, 1.165) is 55.2 Å². The van der Waals surface area contributed by atoms with Gasteiger partial charge in [-0.1, -0.05) is 56.6 Å². The van der Waals surface area contributed by atoms with Gasteiger partial charge in [0.25, 0.3) is 0 Å². The van der Waals surface area contributed by atoms with Crippen molar-refractivity contribution in [3.05, 3.63) is 70.2 Å². The number of rotatable bonds is 13. The molecule has 208 valence electrons. The fourth-order valence-corrected chi connectivity index (χ4v) is 3.95. The van der Waals surface area contributed by atoms with Crippen LogP contribution in [0.2, 0.25) is 5.02 Å². The lowest BCUT2D eigenvalue weighted by Crippen LogP contribution is -2.41. The van der Waals surface area contributed by atoms with Crippen LogP contribution in [-0.4, -0.2) is 61.5 Å². The number of halogens is 4. The first-order chi connectivity index (χ1) is 17.6. The van der Waals surface area contributed by atoms with Crippen LogP contribution in [0.1, 0.15) is 56.8 Å². The van der Waals surface area contributed by atoms with Crippen molar-refractivity contribution in [1.29, 1.82) is 0 Å². The lowest BCUT2D eigenvalue weighted by atomic mass is 10.0. The second-order valence-corrected chi connectivity index (χ2v) is 9.04. The Hall–Kier alpha value is -2.13. The average molecular weight is 543 g/mol. The molecule has 0 saturated carbocycles. The van der Waals surface area contributed by atoms with Crippen LogP contribution in [0.5, 0.6) is 0 Å². The summed E-state index contributed by atoms with van der Waals surface area (Å²) in [5, 5.41) is 4.21. The van der Waals surface area contributed by atoms with Gasteiger partial charge >= 0.3 is 6.18 Å². The molecule has 0 saturated heterocycles. The van der Waals surface area contributed by atoms with Crippen LogP contribution in [0, 0.1) is 0 Å². The molecule has 0 aromatic heterocycles. The van der Waals surface area contributed by atoms with Crippen LogP contribution in [0.25, 0.3) is 0 Å². The van der Waals surface area contributed by atoms with Crippen molar-refractivity contribution in [1.82, 2.24) is 15.1 Å². The molecule has 1 unspecified atom stereocenters. The minimum atomic E-state index is -4.34. The first-order valence-electron chi connectivity index (χ1n) is 12.9. The Morgan fingerprint density at radius 3 is 2.00 bits per heavy atom. The number of carbonyl (C=O) groups excluding carboxylic acids is 1. The van der Waals surface area contributed by atoms with E-state index < -0.39 is 11.7 Å². The molecule has 0 heterocycles. The maximum Gasteiger partial charge on any atom is 0.416 e. The van der Waals surface area contributed by atoms with Crippen molar-refractivity contribution in [2.45, 2.75) is 52.8 Å². The second-order valence-electron chi connectivity index (χ2n) is 8.60. The first-order valence-corrected chi connectivity index (χ1v) is 13.3. The van der Waals surface area contributed by atoms with Crippen LogP contribution in [-0.2, 0) is 17.4 Å². The first kappa shape index (κ1) is 32.9. The topological polar surface area (TPSA) is 61.6 Å². The molecule has 37 heavy (non-hydrogen) atoms. The van der Waals surface area contributed by atoms with Crippen molar-refractivity contribution >= 4 is 17.5 Å². The highest BCUT2D eigenvalue weighted by molar-refractivity contribution is 6.30. The Morgan fingerprint density at radius 2 is 1.54 bits per heavy atom. The molecule has 1 amide bonds. The zero-order valence-corrected chi connectivity index (χ0v) is 23.2. The van der Waals surface area contributed by atoms with E-state index in [4.69, 9.17) is 17.3 Å². The van der Waals surface area contributed by atoms with Gasteiger partial charge in [0.05, 0.1) is 12.1 Å². The fraction of sp³-hybridized carbons (Fsp3) is 0.536. The third-order valence-corrected chi connectivity index (χ3v) is 6.52. The highest BCUT2D eigenvalue weighted by Crippen LogP contribution is 2.30. The number of benzene rings is 2. The number of alkyl halides is 3. The van der Waals surface area contributed by atoms with Crippen LogP contribution >= 0.6 is 11.6 Å². The zero-order valence-electron chi connectivity index (χ0n) is 22.5. The van der Waals surface area contributed by atoms with Crippen LogP contribution in [0.15, 0.2) is 48.5 Å². The molecule has 1 atom stereocenters. The number of hydrogen-bond acceptors (Lipinski definition) is 4. The van der Waals surface area contributed by atoms with E-state index in [1.54, 1.807) is 4.90 Å². The zero-order chi connectivity index (χ0) is 27.8. The van der Waals surface area contributed by atoms with Crippen molar-refractivity contribution in [2.24, 2.45) is 5.73 Å². The molecule has 2 aromatic rings. The smallest absolute Gasteiger partial charge is 0.341 e. The van der Waals surface area contributed by atoms with Gasteiger partial charge < -0.3 is 20.9 Å². The largest absolute Gasteiger partial charge is 0.416 e. The molecule has 0 spiro atoms. The molecule has 0 bridgehead atoms. The standard InChI is InChI=1S/C20H33F3N4O.C8H9Cl/c1-4-26(5-2)13-11-18(25-12-14-27(6-3)19(28)15-24)16-7-9-17(10-8-16)20(21,22)23;1-2-7-3-5-8(9)6-4-7/h7-10,18,25H,4-6,11-15,24H2,1-3H3;3-6H,2H2,1H3. The van der Waals surface area contributed by atoms with Gasteiger partial charge in [0.1, 0.15) is 0 Å². The SMILES string of the molecule is CCN(CC)CCC(NCCN(CC)C(=O)CN)c1ccc(C(F)(F)F)cc1.CCc1ccc(Cl)cc1. The number of aryl methyl sites for hydroxylation is 1. The Balaban J connectivity index is 0.000000635. The quantitative estimate of drug-likeness (QED) is 0.337. The van der Waals surface area contributed by atoms with Crippen molar-refractivity contribution in [3.8, 4) is 0 Å². The summed E-state index contributed by atoms with van der Waals surface area (Å²) in [6.45, 7) is 12.5. The van der Waals surface area contributed by atoms with E-state index in [0.29, 0.717) is 19.6 Å². The van der Waals surface area contributed by atoms with Gasteiger partial charge in [-0.3, -0.25) is 4.79 Å². The van der Waals surface area contributed by atoms with E-state index in [9.17, 15) is 18.0 Å². The second kappa shape index (κ2) is 17.4. The number of carbonyl (C=O) groups is 1. The average Bonchev–Trinajstić information content (AvgIpc) is 2.90. The number of hydrogen-bond donors (Lipinski definition) is 2. The van der Waals surface area contributed by atoms with Gasteiger partial charge in [0.2, 0.25) is 5.91 Å². The van der Waals surface area contributed by atoms with Gasteiger partial charge in [-0.25, -0.2) is 0 Å². The normalized spacial score (nSPS) is 12.2. The van der Waals surface area contributed by atoms with Crippen molar-refractivity contribution < 1.29 is 18.0 Å². The number of nitrogens with two attached hydrogens (primary N) is 1. The molecule has 3 N–H and O–H groups in total. The summed E-state index contributed by atoms with van der Waals surface area (Å²) >= 11 is 5.67. The van der Waals surface area contributed by atoms with Crippen LogP contribution in [0.3, 0.4) is 0 Å². The minimum Gasteiger partial charge on any atom is -0.341 e. The molecule has 0 aliphatic carbocycles. The summed E-state index contributed by atoms with van der Waals surface area (Å²) in [6.07, 6.45) is -2.49. The lowest BCUT2D eigenvalue weighted by molar-refractivity contribution is -0.137. The predicted molar refractivity (Wildman–Crippen MR) is 147 cm³/mol. The number of nitrogens with one attached hydrogen (secondary N) is 1. The summed E-state index contributed by atoms with van der Waals surface area (Å²) < 4.78 is 38.5. The van der Waals surface area contributed by atoms with Crippen molar-refractivity contribution in [2.75, 3.05) is 45.8 Å². The van der Waals surface area contributed by atoms with Crippen molar-refractivity contribution in [3.63, 3.8) is 0 Å². The maximum atomic E-state index is 12.8. The Labute approximate surface area is 225 Å². The van der Waals surface area contributed by atoms with Gasteiger partial charge in [-0.2, -0.15) is 13.2 Å². The highest BCUT2D eigenvalue weighted by atomic mass is 35.5. The van der Waals surface area contributed by atoms with Crippen LogP contribution < -0.4 is 11.1 Å². The molecule has 0 radical (unpaired) electrons. The highest BCUT2D eigenvalue weighted by Gasteiger charge is 2.30. The van der Waals surface area contributed by atoms with E-state index in [-0.39, 0.29) is 18.5 Å². The summed E-state index contributed by atoms with van der Waals surface area (Å²) in [7, 11) is 0. The number of amides is 1. The van der Waals surface area contributed by atoms with Gasteiger partial charge in [-0.05, 0) is 74.8 Å². The van der Waals surface area contributed by atoms with E-state index in [1.807, 2.05) is 31.2 Å². The summed E-state index contributed by atoms with van der Waals surface area (Å²) in [5.41, 5.74) is 6.92. The summed E-state index contributed by atoms with van der Waals surface area (Å²) in [4.78, 5) is 15.7. The molecule has 0 aliphatic heterocycles. The lowest BCUT2D eigenvalue weighted by Gasteiger charge is -2.26. The molecular formula is C28H42ClF3N4O. The molecule has 5 nitrogen and oxygen atoms in total. The minimum absolute atomic E-state index is 0.0296. The third kappa shape index (κ3) is 12.3. The van der Waals surface area contributed by atoms with E-state index in [1.165, 1.54) is 17.7 Å². The monoisotopic (exact) mass is 542 g/mol. The Kier molecular flexibility index (Phi) is 15.5. The molecular weight excluding hydrogens is 501 g/mol. The molecule has 2 aromatic carbocycles. The van der Waals surface area contributed by atoms with Gasteiger partial charge in [0, 0.05) is 30.7 Å². The Morgan fingerprint density at radius 1 is 0.946 bits per heavy atom. The molecule has 9 heteroatoms. The summed E-state index contributed by atoms with van der Waals surface area (Å²) in [5.74, 6) is -0.112. The van der Waals surface area contributed by atoms with E-state index in [2.05, 4.69) is 31.0 Å². The fourth-order valence-electron chi connectivity index (χ4n) is 3.82. The van der Waals surface area contributed by atoms with Gasteiger partial charge in [0.15, 0.2) is 0 Å². The molecule has 0 fully saturated rings. The Bertz CT molecular complexity index is 888. The molecule has 2 rings (SSSR count). The number of nitrogens with zero attached hydrogens (tertiary/aromatic N) is 2. The summed E-state index contributed by atoms with van der Waals surface area (Å²) in [6, 6.07) is 13.1.